The summed E-state index contributed by atoms with van der Waals surface area (Å²) in [6.07, 6.45) is 0. The van der Waals surface area contributed by atoms with E-state index in [4.69, 9.17) is 4.74 Å². The summed E-state index contributed by atoms with van der Waals surface area (Å²) in [6.45, 7) is 5.13. The van der Waals surface area contributed by atoms with Crippen LogP contribution in [0, 0.1) is 18.8 Å². The Balaban J connectivity index is 2.17. The highest BCUT2D eigenvalue weighted by Gasteiger charge is 2.10. The average molecular weight is 308 g/mol. The second kappa shape index (κ2) is 7.13. The third kappa shape index (κ3) is 5.28. The maximum Gasteiger partial charge on any atom is 0.200 e. The molecule has 0 saturated heterocycles. The molecule has 2 aromatic rings. The van der Waals surface area contributed by atoms with Crippen molar-refractivity contribution in [2.45, 2.75) is 26.4 Å². The van der Waals surface area contributed by atoms with Crippen molar-refractivity contribution in [1.82, 2.24) is 0 Å². The Bertz CT molecular complexity index is 744. The van der Waals surface area contributed by atoms with Gasteiger partial charge in [0.15, 0.2) is 12.4 Å². The Labute approximate surface area is 136 Å². The van der Waals surface area contributed by atoms with Crippen LogP contribution in [0.5, 0.6) is 5.75 Å². The molecule has 118 valence electrons. The molecule has 0 saturated carbocycles. The first kappa shape index (κ1) is 16.8. The highest BCUT2D eigenvalue weighted by molar-refractivity contribution is 5.97. The normalized spacial score (nSPS) is 10.6. The summed E-state index contributed by atoms with van der Waals surface area (Å²) in [5.74, 6) is 6.12. The zero-order chi connectivity index (χ0) is 16.9. The molecule has 0 fully saturated rings. The van der Waals surface area contributed by atoms with E-state index in [1.807, 2.05) is 43.3 Å². The van der Waals surface area contributed by atoms with Crippen LogP contribution in [0.2, 0.25) is 0 Å². The number of Topliss-reactive ketones (excluding diaryl/α,β-unsaturated/α-hetero) is 1. The lowest BCUT2D eigenvalue weighted by Crippen LogP contribution is -2.15. The highest BCUT2D eigenvalue weighted by atomic mass is 16.5. The Morgan fingerprint density at radius 1 is 1.17 bits per heavy atom. The second-order valence-corrected chi connectivity index (χ2v) is 5.89. The van der Waals surface area contributed by atoms with Crippen molar-refractivity contribution >= 4 is 5.78 Å². The zero-order valence-corrected chi connectivity index (χ0v) is 13.6. The molecule has 2 aromatic carbocycles. The van der Waals surface area contributed by atoms with Gasteiger partial charge in [-0.3, -0.25) is 4.79 Å². The van der Waals surface area contributed by atoms with E-state index in [1.165, 1.54) is 0 Å². The van der Waals surface area contributed by atoms with Gasteiger partial charge >= 0.3 is 0 Å². The lowest BCUT2D eigenvalue weighted by molar-refractivity contribution is 0.0921. The van der Waals surface area contributed by atoms with Gasteiger partial charge in [-0.05, 0) is 38.5 Å². The first-order valence-electron chi connectivity index (χ1n) is 7.42. The predicted molar refractivity (Wildman–Crippen MR) is 90.6 cm³/mol. The van der Waals surface area contributed by atoms with Gasteiger partial charge in [0.05, 0.1) is 5.56 Å². The number of carbonyl (C=O) groups excluding carboxylic acids is 1. The molecular weight excluding hydrogens is 288 g/mol. The summed E-state index contributed by atoms with van der Waals surface area (Å²) < 4.78 is 5.67. The van der Waals surface area contributed by atoms with Crippen molar-refractivity contribution in [3.8, 4) is 17.6 Å². The molecule has 0 aliphatic heterocycles. The van der Waals surface area contributed by atoms with E-state index in [-0.39, 0.29) is 12.4 Å². The molecule has 0 aromatic heterocycles. The molecule has 3 heteroatoms. The van der Waals surface area contributed by atoms with Crippen molar-refractivity contribution in [3.63, 3.8) is 0 Å². The Kier molecular flexibility index (Phi) is 5.20. The monoisotopic (exact) mass is 308 g/mol. The molecule has 0 unspecified atom stereocenters. The molecule has 2 rings (SSSR count). The van der Waals surface area contributed by atoms with Crippen LogP contribution in [0.1, 0.15) is 35.3 Å². The van der Waals surface area contributed by atoms with Gasteiger partial charge in [0.2, 0.25) is 0 Å². The van der Waals surface area contributed by atoms with Gasteiger partial charge in [0, 0.05) is 5.56 Å². The van der Waals surface area contributed by atoms with Crippen molar-refractivity contribution < 1.29 is 14.6 Å². The van der Waals surface area contributed by atoms with Crippen molar-refractivity contribution in [2.24, 2.45) is 0 Å². The number of carbonyl (C=O) groups is 1. The summed E-state index contributed by atoms with van der Waals surface area (Å²) in [4.78, 5) is 12.1. The second-order valence-electron chi connectivity index (χ2n) is 5.89. The fourth-order valence-electron chi connectivity index (χ4n) is 1.92. The summed E-state index contributed by atoms with van der Waals surface area (Å²) in [5.41, 5.74) is 1.20. The number of aliphatic hydroxyl groups is 1. The largest absolute Gasteiger partial charge is 0.484 e. The van der Waals surface area contributed by atoms with Crippen LogP contribution in [-0.4, -0.2) is 23.1 Å². The van der Waals surface area contributed by atoms with Crippen molar-refractivity contribution in [1.29, 1.82) is 0 Å². The number of rotatable bonds is 4. The molecule has 0 heterocycles. The molecule has 3 nitrogen and oxygen atoms in total. The number of hydrogen-bond acceptors (Lipinski definition) is 3. The Hall–Kier alpha value is -2.57. The fourth-order valence-corrected chi connectivity index (χ4v) is 1.92. The van der Waals surface area contributed by atoms with Crippen molar-refractivity contribution in [3.05, 3.63) is 65.2 Å². The topological polar surface area (TPSA) is 46.5 Å². The van der Waals surface area contributed by atoms with Gasteiger partial charge in [-0.15, -0.1) is 0 Å². The molecule has 0 amide bonds. The van der Waals surface area contributed by atoms with E-state index in [1.54, 1.807) is 26.0 Å². The molecule has 0 aliphatic rings. The lowest BCUT2D eigenvalue weighted by Gasteiger charge is -2.10. The summed E-state index contributed by atoms with van der Waals surface area (Å²) in [6, 6.07) is 14.6. The molecule has 0 atom stereocenters. The minimum atomic E-state index is -1.08. The quantitative estimate of drug-likeness (QED) is 0.696. The number of benzene rings is 2. The highest BCUT2D eigenvalue weighted by Crippen LogP contribution is 2.20. The summed E-state index contributed by atoms with van der Waals surface area (Å²) in [5, 5.41) is 9.72. The van der Waals surface area contributed by atoms with Gasteiger partial charge in [-0.2, -0.15) is 0 Å². The van der Waals surface area contributed by atoms with E-state index in [9.17, 15) is 9.90 Å². The van der Waals surface area contributed by atoms with Gasteiger partial charge in [0.25, 0.3) is 0 Å². The molecule has 0 radical (unpaired) electrons. The van der Waals surface area contributed by atoms with Crippen LogP contribution in [0.3, 0.4) is 0 Å². The first-order valence-corrected chi connectivity index (χ1v) is 7.42. The molecular formula is C20H20O3. The number of hydrogen-bond donors (Lipinski definition) is 1. The Morgan fingerprint density at radius 2 is 1.87 bits per heavy atom. The molecule has 23 heavy (non-hydrogen) atoms. The van der Waals surface area contributed by atoms with Gasteiger partial charge in [0.1, 0.15) is 11.4 Å². The maximum absolute atomic E-state index is 12.1. The lowest BCUT2D eigenvalue weighted by atomic mass is 10.1. The van der Waals surface area contributed by atoms with Crippen molar-refractivity contribution in [2.75, 3.05) is 6.61 Å². The van der Waals surface area contributed by atoms with Crippen LogP contribution in [0.4, 0.5) is 0 Å². The maximum atomic E-state index is 12.1. The molecule has 0 spiro atoms. The molecule has 0 bridgehead atoms. The van der Waals surface area contributed by atoms with Gasteiger partial charge in [-0.1, -0.05) is 48.2 Å². The van der Waals surface area contributed by atoms with E-state index < -0.39 is 5.60 Å². The molecule has 1 N–H and O–H groups in total. The van der Waals surface area contributed by atoms with Crippen LogP contribution < -0.4 is 4.74 Å². The number of ether oxygens (including phenoxy) is 1. The minimum Gasteiger partial charge on any atom is -0.484 e. The summed E-state index contributed by atoms with van der Waals surface area (Å²) >= 11 is 0. The van der Waals surface area contributed by atoms with Crippen LogP contribution >= 0.6 is 0 Å². The summed E-state index contributed by atoms with van der Waals surface area (Å²) in [7, 11) is 0. The first-order chi connectivity index (χ1) is 10.8. The van der Waals surface area contributed by atoms with E-state index in [0.29, 0.717) is 16.9 Å². The number of aryl methyl sites for hydroxylation is 1. The standard InChI is InChI=1S/C20H20O3/c1-15-9-10-17(11-12-20(2,3)22)19(13-15)23-14-18(21)16-7-5-4-6-8-16/h4-10,13,22H,14H2,1-3H3. The third-order valence-electron chi connectivity index (χ3n) is 3.09. The van der Waals surface area contributed by atoms with Gasteiger partial charge in [-0.25, -0.2) is 0 Å². The van der Waals surface area contributed by atoms with E-state index in [0.717, 1.165) is 5.56 Å². The SMILES string of the molecule is Cc1ccc(C#CC(C)(C)O)c(OCC(=O)c2ccccc2)c1. The predicted octanol–water partition coefficient (Wildman–Crippen LogP) is 3.38. The van der Waals surface area contributed by atoms with Gasteiger partial charge < -0.3 is 9.84 Å². The third-order valence-corrected chi connectivity index (χ3v) is 3.09. The zero-order valence-electron chi connectivity index (χ0n) is 13.6. The Morgan fingerprint density at radius 3 is 2.52 bits per heavy atom. The van der Waals surface area contributed by atoms with Crippen LogP contribution in [-0.2, 0) is 0 Å². The average Bonchev–Trinajstić information content (AvgIpc) is 2.51. The van der Waals surface area contributed by atoms with E-state index in [2.05, 4.69) is 11.8 Å². The fraction of sp³-hybridized carbons (Fsp3) is 0.250. The van der Waals surface area contributed by atoms with E-state index >= 15 is 0 Å². The molecule has 0 aliphatic carbocycles. The van der Waals surface area contributed by atoms with Crippen LogP contribution in [0.25, 0.3) is 0 Å². The smallest absolute Gasteiger partial charge is 0.200 e. The minimum absolute atomic E-state index is 0.0509. The van der Waals surface area contributed by atoms with Crippen LogP contribution in [0.15, 0.2) is 48.5 Å². The number of ketones is 1.